The van der Waals surface area contributed by atoms with Gasteiger partial charge in [0, 0.05) is 57.2 Å². The molecule has 6 heteroatoms. The van der Waals surface area contributed by atoms with Crippen LogP contribution in [0.5, 0.6) is 0 Å². The second-order valence-electron chi connectivity index (χ2n) is 4.94. The number of aryl methyl sites for hydroxylation is 1. The van der Waals surface area contributed by atoms with Gasteiger partial charge in [0.1, 0.15) is 17.5 Å². The zero-order valence-electron chi connectivity index (χ0n) is 12.5. The minimum absolute atomic E-state index is 0.889. The van der Waals surface area contributed by atoms with Crippen molar-refractivity contribution in [3.05, 3.63) is 11.9 Å². The molecule has 5 nitrogen and oxygen atoms in total. The normalized spacial score (nSPS) is 16.1. The van der Waals surface area contributed by atoms with Crippen LogP contribution in [0.15, 0.2) is 6.07 Å². The molecule has 1 aliphatic heterocycles. The van der Waals surface area contributed by atoms with Crippen LogP contribution < -0.4 is 10.6 Å². The van der Waals surface area contributed by atoms with Gasteiger partial charge in [-0.2, -0.15) is 11.8 Å². The van der Waals surface area contributed by atoms with E-state index in [0.717, 1.165) is 43.4 Å². The van der Waals surface area contributed by atoms with Gasteiger partial charge in [0.05, 0.1) is 0 Å². The number of anilines is 2. The van der Waals surface area contributed by atoms with E-state index in [1.807, 2.05) is 24.9 Å². The van der Waals surface area contributed by atoms with Crippen molar-refractivity contribution in [3.63, 3.8) is 0 Å². The lowest BCUT2D eigenvalue weighted by molar-refractivity contribution is 0.314. The molecule has 2 rings (SSSR count). The molecule has 112 valence electrons. The highest BCUT2D eigenvalue weighted by atomic mass is 32.2. The highest BCUT2D eigenvalue weighted by molar-refractivity contribution is 7.99. The fraction of sp³-hybridized carbons (Fsp3) is 0.714. The lowest BCUT2D eigenvalue weighted by atomic mass is 10.3. The molecule has 0 amide bonds. The number of thioether (sulfide) groups is 1. The molecule has 2 N–H and O–H groups in total. The molecule has 20 heavy (non-hydrogen) atoms. The topological polar surface area (TPSA) is 53.1 Å². The smallest absolute Gasteiger partial charge is 0.133 e. The molecule has 0 unspecified atom stereocenters. The van der Waals surface area contributed by atoms with E-state index in [0.29, 0.717) is 0 Å². The minimum atomic E-state index is 0.889. The summed E-state index contributed by atoms with van der Waals surface area (Å²) < 4.78 is 0. The molecule has 0 spiro atoms. The van der Waals surface area contributed by atoms with Crippen molar-refractivity contribution in [1.82, 2.24) is 14.9 Å². The maximum Gasteiger partial charge on any atom is 0.133 e. The molecule has 1 fully saturated rings. The third kappa shape index (κ3) is 4.83. The van der Waals surface area contributed by atoms with E-state index in [2.05, 4.69) is 32.4 Å². The summed E-state index contributed by atoms with van der Waals surface area (Å²) in [4.78, 5) is 11.5. The van der Waals surface area contributed by atoms with Crippen molar-refractivity contribution in [1.29, 1.82) is 0 Å². The van der Waals surface area contributed by atoms with Gasteiger partial charge in [-0.25, -0.2) is 9.97 Å². The van der Waals surface area contributed by atoms with Gasteiger partial charge in [0.25, 0.3) is 0 Å². The molecule has 0 radical (unpaired) electrons. The summed E-state index contributed by atoms with van der Waals surface area (Å²) in [6.07, 6.45) is 1.99. The molecule has 0 bridgehead atoms. The second-order valence-corrected chi connectivity index (χ2v) is 6.16. The number of hydrogen-bond acceptors (Lipinski definition) is 6. The third-order valence-electron chi connectivity index (χ3n) is 3.34. The Morgan fingerprint density at radius 2 is 2.00 bits per heavy atom. The maximum absolute atomic E-state index is 4.57. The third-order valence-corrected chi connectivity index (χ3v) is 4.28. The Morgan fingerprint density at radius 1 is 1.25 bits per heavy atom. The van der Waals surface area contributed by atoms with E-state index in [9.17, 15) is 0 Å². The monoisotopic (exact) mass is 295 g/mol. The quantitative estimate of drug-likeness (QED) is 0.802. The zero-order valence-corrected chi connectivity index (χ0v) is 13.3. The standard InChI is InChI=1S/C14H25N5S/c1-3-4-12-17-13(15-2)11-14(18-12)16-5-6-19-7-9-20-10-8-19/h11H,3-10H2,1-2H3,(H2,15,16,17,18). The van der Waals surface area contributed by atoms with Gasteiger partial charge in [-0.15, -0.1) is 0 Å². The SMILES string of the molecule is CCCc1nc(NC)cc(NCCN2CCSCC2)n1. The van der Waals surface area contributed by atoms with Crippen LogP contribution in [0, 0.1) is 0 Å². The van der Waals surface area contributed by atoms with Crippen molar-refractivity contribution in [3.8, 4) is 0 Å². The van der Waals surface area contributed by atoms with Gasteiger partial charge < -0.3 is 10.6 Å². The molecule has 1 aliphatic rings. The van der Waals surface area contributed by atoms with Gasteiger partial charge in [0.15, 0.2) is 0 Å². The first-order valence-electron chi connectivity index (χ1n) is 7.41. The average molecular weight is 295 g/mol. The van der Waals surface area contributed by atoms with Crippen LogP contribution in [-0.2, 0) is 6.42 Å². The van der Waals surface area contributed by atoms with Gasteiger partial charge >= 0.3 is 0 Å². The number of rotatable bonds is 7. The van der Waals surface area contributed by atoms with Crippen molar-refractivity contribution in [2.75, 3.05) is 55.4 Å². The van der Waals surface area contributed by atoms with Crippen molar-refractivity contribution >= 4 is 23.4 Å². The molecule has 0 saturated carbocycles. The minimum Gasteiger partial charge on any atom is -0.373 e. The molecular formula is C14H25N5S. The summed E-state index contributed by atoms with van der Waals surface area (Å²) in [6, 6.07) is 1.98. The Kier molecular flexibility index (Phi) is 6.39. The van der Waals surface area contributed by atoms with E-state index in [1.54, 1.807) is 0 Å². The first kappa shape index (κ1) is 15.4. The summed E-state index contributed by atoms with van der Waals surface area (Å²) in [6.45, 7) is 6.59. The van der Waals surface area contributed by atoms with Crippen molar-refractivity contribution in [2.45, 2.75) is 19.8 Å². The van der Waals surface area contributed by atoms with Crippen LogP contribution in [-0.4, -0.2) is 59.6 Å². The van der Waals surface area contributed by atoms with Gasteiger partial charge in [0.2, 0.25) is 0 Å². The predicted molar refractivity (Wildman–Crippen MR) is 87.8 cm³/mol. The number of nitrogens with one attached hydrogen (secondary N) is 2. The number of hydrogen-bond donors (Lipinski definition) is 2. The van der Waals surface area contributed by atoms with Crippen LogP contribution in [0.3, 0.4) is 0 Å². The molecule has 2 heterocycles. The molecule has 1 saturated heterocycles. The Bertz CT molecular complexity index is 407. The van der Waals surface area contributed by atoms with E-state index in [4.69, 9.17) is 0 Å². The average Bonchev–Trinajstić information content (AvgIpc) is 2.48. The zero-order chi connectivity index (χ0) is 14.2. The summed E-state index contributed by atoms with van der Waals surface area (Å²) in [5, 5.41) is 6.53. The molecule has 1 aromatic rings. The fourth-order valence-electron chi connectivity index (χ4n) is 2.22. The van der Waals surface area contributed by atoms with Gasteiger partial charge in [-0.3, -0.25) is 4.90 Å². The lowest BCUT2D eigenvalue weighted by Crippen LogP contribution is -2.36. The Balaban J connectivity index is 1.85. The Labute approximate surface area is 125 Å². The lowest BCUT2D eigenvalue weighted by Gasteiger charge is -2.26. The van der Waals surface area contributed by atoms with Gasteiger partial charge in [-0.1, -0.05) is 6.92 Å². The van der Waals surface area contributed by atoms with Crippen LogP contribution in [0.1, 0.15) is 19.2 Å². The summed E-state index contributed by atoms with van der Waals surface area (Å²) in [5.74, 6) is 5.26. The Hall–Kier alpha value is -1.01. The van der Waals surface area contributed by atoms with E-state index in [-0.39, 0.29) is 0 Å². The first-order chi connectivity index (χ1) is 9.81. The highest BCUT2D eigenvalue weighted by Gasteiger charge is 2.09. The van der Waals surface area contributed by atoms with Crippen LogP contribution >= 0.6 is 11.8 Å². The molecule has 0 aromatic carbocycles. The van der Waals surface area contributed by atoms with Crippen LogP contribution in [0.25, 0.3) is 0 Å². The van der Waals surface area contributed by atoms with E-state index in [1.165, 1.54) is 24.6 Å². The van der Waals surface area contributed by atoms with Crippen molar-refractivity contribution < 1.29 is 0 Å². The fourth-order valence-corrected chi connectivity index (χ4v) is 3.20. The number of aromatic nitrogens is 2. The van der Waals surface area contributed by atoms with Crippen LogP contribution in [0.2, 0.25) is 0 Å². The summed E-state index contributed by atoms with van der Waals surface area (Å²) in [7, 11) is 1.90. The van der Waals surface area contributed by atoms with E-state index < -0.39 is 0 Å². The Morgan fingerprint density at radius 3 is 2.70 bits per heavy atom. The number of nitrogens with zero attached hydrogens (tertiary/aromatic N) is 3. The van der Waals surface area contributed by atoms with Crippen molar-refractivity contribution in [2.24, 2.45) is 0 Å². The second kappa shape index (κ2) is 8.32. The molecule has 1 aromatic heterocycles. The summed E-state index contributed by atoms with van der Waals surface area (Å²) in [5.41, 5.74) is 0. The molecule has 0 atom stereocenters. The predicted octanol–water partition coefficient (Wildman–Crippen LogP) is 1.93. The maximum atomic E-state index is 4.57. The highest BCUT2D eigenvalue weighted by Crippen LogP contribution is 2.12. The first-order valence-corrected chi connectivity index (χ1v) is 8.57. The largest absolute Gasteiger partial charge is 0.373 e. The van der Waals surface area contributed by atoms with Crippen LogP contribution in [0.4, 0.5) is 11.6 Å². The molecular weight excluding hydrogens is 270 g/mol. The summed E-state index contributed by atoms with van der Waals surface area (Å²) >= 11 is 2.05. The van der Waals surface area contributed by atoms with E-state index >= 15 is 0 Å². The molecule has 0 aliphatic carbocycles. The van der Waals surface area contributed by atoms with Gasteiger partial charge in [-0.05, 0) is 6.42 Å².